The number of nitrogens with two attached hydrogens (primary N) is 2. The summed E-state index contributed by atoms with van der Waals surface area (Å²) >= 11 is 0. The van der Waals surface area contributed by atoms with Gasteiger partial charge in [0.05, 0.1) is 17.2 Å². The molecule has 0 aromatic heterocycles. The zero-order valence-corrected chi connectivity index (χ0v) is 24.8. The molecule has 2 aromatic rings. The van der Waals surface area contributed by atoms with E-state index in [4.69, 9.17) is 16.6 Å². The number of aliphatic imine (C=N–C) groups is 1. The van der Waals surface area contributed by atoms with Gasteiger partial charge in [-0.3, -0.25) is 11.3 Å². The molecule has 0 saturated heterocycles. The van der Waals surface area contributed by atoms with E-state index in [1.54, 1.807) is 12.6 Å². The minimum absolute atomic E-state index is 0.0721. The minimum atomic E-state index is -4.76. The summed E-state index contributed by atoms with van der Waals surface area (Å²) in [6.07, 6.45) is 3.26. The van der Waals surface area contributed by atoms with Crippen molar-refractivity contribution in [2.75, 3.05) is 25.0 Å². The van der Waals surface area contributed by atoms with Gasteiger partial charge in [0, 0.05) is 31.4 Å². The van der Waals surface area contributed by atoms with Gasteiger partial charge in [0.2, 0.25) is 5.96 Å². The standard InChI is InChI=1S/C22H36N6.C9H6F6/c1-27(24)26-22(23)25-20-11-6-12-28(15-16-7-2-3-8-16)21-14-18-10-5-4-9-17(18)13-19(20)21;1-5-2-6(8(10,11)12)4-7(3-5)9(13,14)15/h13-14,16,20H,2-12,15,24H2,1H3,(H3,23,25,26);2-4H,1H3. The number of nitrogens with one attached hydrogen (secondary N) is 1. The van der Waals surface area contributed by atoms with E-state index >= 15 is 0 Å². The molecular formula is C31H42F6N6. The largest absolute Gasteiger partial charge is 0.416 e. The summed E-state index contributed by atoms with van der Waals surface area (Å²) in [6.45, 7) is 3.50. The van der Waals surface area contributed by atoms with Crippen LogP contribution >= 0.6 is 0 Å². The van der Waals surface area contributed by atoms with E-state index in [1.807, 2.05) is 0 Å². The maximum atomic E-state index is 12.2. The Hall–Kier alpha value is -2.99. The Kier molecular flexibility index (Phi) is 10.5. The molecule has 1 atom stereocenters. The lowest BCUT2D eigenvalue weighted by atomic mass is 9.87. The Balaban J connectivity index is 0.000000239. The fourth-order valence-electron chi connectivity index (χ4n) is 6.40. The topological polar surface area (TPSA) is 82.9 Å². The summed E-state index contributed by atoms with van der Waals surface area (Å²) in [4.78, 5) is 7.49. The van der Waals surface area contributed by atoms with Gasteiger partial charge in [0.15, 0.2) is 0 Å². The molecular weight excluding hydrogens is 570 g/mol. The first kappa shape index (κ1) is 32.9. The number of hydrogen-bond acceptors (Lipinski definition) is 4. The van der Waals surface area contributed by atoms with Crippen LogP contribution in [0.25, 0.3) is 0 Å². The molecule has 2 aromatic carbocycles. The van der Waals surface area contributed by atoms with Crippen molar-refractivity contribution in [1.29, 1.82) is 0 Å². The summed E-state index contributed by atoms with van der Waals surface area (Å²) < 4.78 is 73.0. The number of anilines is 1. The second-order valence-corrected chi connectivity index (χ2v) is 12.0. The third-order valence-corrected chi connectivity index (χ3v) is 8.37. The highest BCUT2D eigenvalue weighted by Crippen LogP contribution is 2.40. The van der Waals surface area contributed by atoms with Crippen LogP contribution in [-0.4, -0.2) is 31.2 Å². The van der Waals surface area contributed by atoms with Gasteiger partial charge in [0.25, 0.3) is 0 Å². The van der Waals surface area contributed by atoms with Crippen molar-refractivity contribution in [2.45, 2.75) is 89.5 Å². The molecule has 6 nitrogen and oxygen atoms in total. The molecule has 5 rings (SSSR count). The van der Waals surface area contributed by atoms with E-state index in [2.05, 4.69) is 22.5 Å². The monoisotopic (exact) mass is 612 g/mol. The van der Waals surface area contributed by atoms with Crippen LogP contribution in [-0.2, 0) is 25.2 Å². The van der Waals surface area contributed by atoms with Gasteiger partial charge in [-0.1, -0.05) is 18.9 Å². The third kappa shape index (κ3) is 9.01. The van der Waals surface area contributed by atoms with Crippen LogP contribution in [0.3, 0.4) is 0 Å². The Morgan fingerprint density at radius 3 is 2.02 bits per heavy atom. The molecule has 0 spiro atoms. The molecule has 0 radical (unpaired) electrons. The maximum absolute atomic E-state index is 12.2. The SMILES string of the molecule is CN(N)NC(N)=NC1CCCN(CC2CCCC2)c2cc3c(cc21)CCCC3.Cc1cc(C(F)(F)F)cc(C(F)(F)F)c1. The van der Waals surface area contributed by atoms with E-state index in [0.29, 0.717) is 18.1 Å². The summed E-state index contributed by atoms with van der Waals surface area (Å²) in [6, 6.07) is 6.50. The summed E-state index contributed by atoms with van der Waals surface area (Å²) in [5.74, 6) is 6.92. The third-order valence-electron chi connectivity index (χ3n) is 8.37. The van der Waals surface area contributed by atoms with E-state index < -0.39 is 23.5 Å². The predicted octanol–water partition coefficient (Wildman–Crippen LogP) is 7.05. The second kappa shape index (κ2) is 13.8. The minimum Gasteiger partial charge on any atom is -0.371 e. The lowest BCUT2D eigenvalue weighted by Crippen LogP contribution is -2.47. The highest BCUT2D eigenvalue weighted by Gasteiger charge is 2.36. The number of fused-ring (bicyclic) bond motifs is 2. The number of benzene rings is 2. The van der Waals surface area contributed by atoms with Crippen LogP contribution in [0.2, 0.25) is 0 Å². The van der Waals surface area contributed by atoms with E-state index in [-0.39, 0.29) is 17.7 Å². The smallest absolute Gasteiger partial charge is 0.371 e. The Morgan fingerprint density at radius 1 is 0.884 bits per heavy atom. The van der Waals surface area contributed by atoms with Gasteiger partial charge in [0.1, 0.15) is 0 Å². The molecule has 1 aliphatic heterocycles. The Morgan fingerprint density at radius 2 is 1.47 bits per heavy atom. The lowest BCUT2D eigenvalue weighted by molar-refractivity contribution is -0.143. The average molecular weight is 613 g/mol. The van der Waals surface area contributed by atoms with Crippen LogP contribution in [0.15, 0.2) is 35.3 Å². The number of halogens is 6. The molecule has 1 unspecified atom stereocenters. The van der Waals surface area contributed by atoms with Crippen LogP contribution in [0.4, 0.5) is 32.0 Å². The molecule has 1 saturated carbocycles. The number of guanidine groups is 1. The normalized spacial score (nSPS) is 19.8. The van der Waals surface area contributed by atoms with Gasteiger partial charge in [-0.15, -0.1) is 0 Å². The van der Waals surface area contributed by atoms with Crippen LogP contribution in [0, 0.1) is 12.8 Å². The van der Waals surface area contributed by atoms with Crippen molar-refractivity contribution in [3.05, 3.63) is 63.7 Å². The molecule has 0 bridgehead atoms. The first-order chi connectivity index (χ1) is 20.2. The Labute approximate surface area is 249 Å². The van der Waals surface area contributed by atoms with Gasteiger partial charge in [-0.2, -0.15) is 31.5 Å². The summed E-state index contributed by atoms with van der Waals surface area (Å²) in [5.41, 5.74) is 12.2. The summed E-state index contributed by atoms with van der Waals surface area (Å²) in [5, 5.41) is 1.36. The van der Waals surface area contributed by atoms with Gasteiger partial charge in [-0.25, -0.2) is 4.99 Å². The number of nitrogens with zero attached hydrogens (tertiary/aromatic N) is 3. The molecule has 43 heavy (non-hydrogen) atoms. The van der Waals surface area contributed by atoms with Crippen molar-refractivity contribution < 1.29 is 26.3 Å². The molecule has 0 amide bonds. The van der Waals surface area contributed by atoms with Crippen molar-refractivity contribution >= 4 is 11.6 Å². The zero-order chi connectivity index (χ0) is 31.4. The lowest BCUT2D eigenvalue weighted by Gasteiger charge is -2.30. The highest BCUT2D eigenvalue weighted by atomic mass is 19.4. The molecule has 1 heterocycles. The van der Waals surface area contributed by atoms with Crippen molar-refractivity contribution in [3.63, 3.8) is 0 Å². The molecule has 3 aliphatic rings. The maximum Gasteiger partial charge on any atom is 0.416 e. The number of hydrogen-bond donors (Lipinski definition) is 3. The number of rotatable bonds is 4. The van der Waals surface area contributed by atoms with E-state index in [1.165, 1.54) is 86.8 Å². The van der Waals surface area contributed by atoms with Gasteiger partial charge in [-0.05, 0) is 105 Å². The molecule has 2 aliphatic carbocycles. The fraction of sp³-hybridized carbons (Fsp3) is 0.581. The molecule has 12 heteroatoms. The molecule has 238 valence electrons. The first-order valence-electron chi connectivity index (χ1n) is 15.0. The average Bonchev–Trinajstić information content (AvgIpc) is 3.37. The second-order valence-electron chi connectivity index (χ2n) is 12.0. The van der Waals surface area contributed by atoms with E-state index in [9.17, 15) is 26.3 Å². The van der Waals surface area contributed by atoms with Crippen molar-refractivity contribution in [3.8, 4) is 0 Å². The van der Waals surface area contributed by atoms with Gasteiger partial charge < -0.3 is 10.6 Å². The number of hydrazine groups is 2. The summed E-state index contributed by atoms with van der Waals surface area (Å²) in [7, 11) is 1.73. The van der Waals surface area contributed by atoms with Crippen LogP contribution in [0.1, 0.15) is 90.8 Å². The number of aryl methyl sites for hydroxylation is 3. The highest BCUT2D eigenvalue weighted by molar-refractivity contribution is 5.78. The number of alkyl halides is 6. The first-order valence-corrected chi connectivity index (χ1v) is 15.0. The van der Waals surface area contributed by atoms with Crippen molar-refractivity contribution in [2.24, 2.45) is 22.5 Å². The quantitative estimate of drug-likeness (QED) is 0.113. The molecule has 5 N–H and O–H groups in total. The molecule has 1 fully saturated rings. The van der Waals surface area contributed by atoms with Crippen LogP contribution < -0.4 is 21.9 Å². The fourth-order valence-corrected chi connectivity index (χ4v) is 6.40. The van der Waals surface area contributed by atoms with Crippen molar-refractivity contribution in [1.82, 2.24) is 10.5 Å². The van der Waals surface area contributed by atoms with Gasteiger partial charge >= 0.3 is 12.4 Å². The predicted molar refractivity (Wildman–Crippen MR) is 157 cm³/mol. The van der Waals surface area contributed by atoms with Crippen LogP contribution in [0.5, 0.6) is 0 Å². The zero-order valence-electron chi connectivity index (χ0n) is 24.8. The van der Waals surface area contributed by atoms with E-state index in [0.717, 1.165) is 25.3 Å². The Bertz CT molecular complexity index is 1230.